The Balaban J connectivity index is 0.000000771. The Morgan fingerprint density at radius 3 is 2.33 bits per heavy atom. The second-order valence-corrected chi connectivity index (χ2v) is 5.61. The lowest BCUT2D eigenvalue weighted by atomic mass is 9.82. The molecule has 0 atom stereocenters. The molecule has 2 nitrogen and oxygen atoms in total. The summed E-state index contributed by atoms with van der Waals surface area (Å²) in [6, 6.07) is 7.58. The van der Waals surface area contributed by atoms with E-state index in [0.29, 0.717) is 11.2 Å². The largest absolute Gasteiger partial charge is 0.508 e. The quantitative estimate of drug-likeness (QED) is 0.855. The van der Waals surface area contributed by atoms with Crippen molar-refractivity contribution in [1.29, 1.82) is 0 Å². The minimum absolute atomic E-state index is 0.370. The second kappa shape index (κ2) is 6.79. The second-order valence-electron chi connectivity index (χ2n) is 5.61. The van der Waals surface area contributed by atoms with Crippen LogP contribution >= 0.6 is 0 Å². The van der Waals surface area contributed by atoms with Crippen LogP contribution in [0.15, 0.2) is 24.3 Å². The minimum Gasteiger partial charge on any atom is -0.508 e. The fourth-order valence-electron chi connectivity index (χ4n) is 2.23. The number of hydrogen-bond donors (Lipinski definition) is 1. The molecule has 2 heteroatoms. The molecule has 102 valence electrons. The van der Waals surface area contributed by atoms with Crippen molar-refractivity contribution in [2.24, 2.45) is 5.41 Å². The van der Waals surface area contributed by atoms with E-state index in [2.05, 4.69) is 24.8 Å². The summed E-state index contributed by atoms with van der Waals surface area (Å²) in [6.45, 7) is 12.0. The Morgan fingerprint density at radius 2 is 1.78 bits per heavy atom. The Kier molecular flexibility index (Phi) is 5.67. The summed E-state index contributed by atoms with van der Waals surface area (Å²) in [5.41, 5.74) is 1.72. The van der Waals surface area contributed by atoms with Gasteiger partial charge in [-0.1, -0.05) is 39.8 Å². The van der Waals surface area contributed by atoms with Crippen LogP contribution in [-0.4, -0.2) is 23.1 Å². The highest BCUT2D eigenvalue weighted by atomic mass is 16.3. The van der Waals surface area contributed by atoms with Gasteiger partial charge in [-0.3, -0.25) is 4.90 Å². The Morgan fingerprint density at radius 1 is 1.17 bits per heavy atom. The summed E-state index contributed by atoms with van der Waals surface area (Å²) in [4.78, 5) is 2.47. The molecule has 1 aliphatic rings. The highest BCUT2D eigenvalue weighted by molar-refractivity contribution is 5.27. The summed E-state index contributed by atoms with van der Waals surface area (Å²) in [5, 5.41) is 9.41. The van der Waals surface area contributed by atoms with Gasteiger partial charge in [-0.15, -0.1) is 0 Å². The number of phenols is 1. The molecule has 1 saturated heterocycles. The molecule has 0 spiro atoms. The van der Waals surface area contributed by atoms with Gasteiger partial charge < -0.3 is 5.11 Å². The zero-order valence-corrected chi connectivity index (χ0v) is 12.2. The van der Waals surface area contributed by atoms with Crippen molar-refractivity contribution < 1.29 is 5.11 Å². The van der Waals surface area contributed by atoms with Crippen LogP contribution in [0.1, 0.15) is 46.1 Å². The maximum absolute atomic E-state index is 9.41. The SMILES string of the molecule is CC.CC1(C)CCN(Cc2cccc(O)c2)CC1. The molecule has 1 N–H and O–H groups in total. The summed E-state index contributed by atoms with van der Waals surface area (Å²) in [7, 11) is 0. The molecule has 1 aromatic carbocycles. The molecule has 2 rings (SSSR count). The first-order valence-corrected chi connectivity index (χ1v) is 7.05. The van der Waals surface area contributed by atoms with Crippen LogP contribution < -0.4 is 0 Å². The average molecular weight is 249 g/mol. The van der Waals surface area contributed by atoms with Gasteiger partial charge >= 0.3 is 0 Å². The predicted octanol–water partition coefficient (Wildman–Crippen LogP) is 4.04. The fraction of sp³-hybridized carbons (Fsp3) is 0.625. The van der Waals surface area contributed by atoms with Crippen LogP contribution in [0.25, 0.3) is 0 Å². The predicted molar refractivity (Wildman–Crippen MR) is 77.7 cm³/mol. The van der Waals surface area contributed by atoms with Gasteiger partial charge in [0.15, 0.2) is 0 Å². The van der Waals surface area contributed by atoms with Crippen molar-refractivity contribution in [3.8, 4) is 5.75 Å². The lowest BCUT2D eigenvalue weighted by Gasteiger charge is -2.36. The van der Waals surface area contributed by atoms with Crippen LogP contribution in [0, 0.1) is 5.41 Å². The van der Waals surface area contributed by atoms with Crippen LogP contribution in [0.2, 0.25) is 0 Å². The zero-order valence-electron chi connectivity index (χ0n) is 12.2. The standard InChI is InChI=1S/C14H21NO.C2H6/c1-14(2)6-8-15(9-7-14)11-12-4-3-5-13(16)10-12;1-2/h3-5,10,16H,6-9,11H2,1-2H3;1-2H3. The van der Waals surface area contributed by atoms with Crippen molar-refractivity contribution in [2.75, 3.05) is 13.1 Å². The summed E-state index contributed by atoms with van der Waals surface area (Å²) in [5.74, 6) is 0.370. The van der Waals surface area contributed by atoms with E-state index in [0.717, 1.165) is 6.54 Å². The Labute approximate surface area is 112 Å². The fourth-order valence-corrected chi connectivity index (χ4v) is 2.23. The van der Waals surface area contributed by atoms with Gasteiger partial charge in [0, 0.05) is 6.54 Å². The number of phenolic OH excluding ortho intramolecular Hbond substituents is 1. The smallest absolute Gasteiger partial charge is 0.115 e. The highest BCUT2D eigenvalue weighted by Crippen LogP contribution is 2.30. The number of aromatic hydroxyl groups is 1. The van der Waals surface area contributed by atoms with E-state index < -0.39 is 0 Å². The third kappa shape index (κ3) is 4.69. The topological polar surface area (TPSA) is 23.5 Å². The van der Waals surface area contributed by atoms with Gasteiger partial charge in [0.25, 0.3) is 0 Å². The van der Waals surface area contributed by atoms with Crippen LogP contribution in [-0.2, 0) is 6.54 Å². The lowest BCUT2D eigenvalue weighted by Crippen LogP contribution is -2.36. The van der Waals surface area contributed by atoms with Gasteiger partial charge in [0.2, 0.25) is 0 Å². The number of piperidine rings is 1. The van der Waals surface area contributed by atoms with Gasteiger partial charge in [-0.25, -0.2) is 0 Å². The van der Waals surface area contributed by atoms with Crippen molar-refractivity contribution in [3.63, 3.8) is 0 Å². The molecule has 1 aromatic rings. The van der Waals surface area contributed by atoms with Crippen molar-refractivity contribution in [3.05, 3.63) is 29.8 Å². The van der Waals surface area contributed by atoms with Crippen molar-refractivity contribution in [1.82, 2.24) is 4.90 Å². The van der Waals surface area contributed by atoms with E-state index in [9.17, 15) is 5.11 Å². The monoisotopic (exact) mass is 249 g/mol. The molecular weight excluding hydrogens is 222 g/mol. The van der Waals surface area contributed by atoms with Crippen LogP contribution in [0.4, 0.5) is 0 Å². The maximum Gasteiger partial charge on any atom is 0.115 e. The molecule has 0 aromatic heterocycles. The van der Waals surface area contributed by atoms with Gasteiger partial charge in [0.1, 0.15) is 5.75 Å². The number of likely N-dealkylation sites (tertiary alicyclic amines) is 1. The molecule has 0 amide bonds. The summed E-state index contributed by atoms with van der Waals surface area (Å²) >= 11 is 0. The third-order valence-electron chi connectivity index (χ3n) is 3.53. The molecule has 0 bridgehead atoms. The lowest BCUT2D eigenvalue weighted by molar-refractivity contribution is 0.127. The van der Waals surface area contributed by atoms with E-state index in [1.807, 2.05) is 26.0 Å². The first-order chi connectivity index (χ1) is 8.55. The van der Waals surface area contributed by atoms with E-state index in [4.69, 9.17) is 0 Å². The van der Waals surface area contributed by atoms with E-state index in [1.165, 1.54) is 31.5 Å². The van der Waals surface area contributed by atoms with E-state index in [1.54, 1.807) is 6.07 Å². The van der Waals surface area contributed by atoms with Crippen molar-refractivity contribution in [2.45, 2.75) is 47.1 Å². The van der Waals surface area contributed by atoms with Gasteiger partial charge in [-0.2, -0.15) is 0 Å². The molecule has 0 aliphatic carbocycles. The molecule has 1 heterocycles. The third-order valence-corrected chi connectivity index (χ3v) is 3.53. The first kappa shape index (κ1) is 15.0. The molecule has 1 aliphatic heterocycles. The number of nitrogens with zero attached hydrogens (tertiary/aromatic N) is 1. The van der Waals surface area contributed by atoms with E-state index in [-0.39, 0.29) is 0 Å². The molecule has 0 unspecified atom stereocenters. The number of rotatable bonds is 2. The van der Waals surface area contributed by atoms with E-state index >= 15 is 0 Å². The molecule has 1 fully saturated rings. The highest BCUT2D eigenvalue weighted by Gasteiger charge is 2.25. The summed E-state index contributed by atoms with van der Waals surface area (Å²) < 4.78 is 0. The maximum atomic E-state index is 9.41. The average Bonchev–Trinajstić information content (AvgIpc) is 2.35. The Hall–Kier alpha value is -1.02. The zero-order chi connectivity index (χ0) is 13.6. The van der Waals surface area contributed by atoms with Crippen LogP contribution in [0.3, 0.4) is 0 Å². The normalized spacial score (nSPS) is 18.9. The van der Waals surface area contributed by atoms with Crippen molar-refractivity contribution >= 4 is 0 Å². The van der Waals surface area contributed by atoms with Gasteiger partial charge in [0.05, 0.1) is 0 Å². The Bertz CT molecular complexity index is 350. The van der Waals surface area contributed by atoms with Crippen LogP contribution in [0.5, 0.6) is 5.75 Å². The molecule has 0 radical (unpaired) electrons. The first-order valence-electron chi connectivity index (χ1n) is 7.05. The molecule has 18 heavy (non-hydrogen) atoms. The minimum atomic E-state index is 0.370. The molecular formula is C16H27NO. The summed E-state index contributed by atoms with van der Waals surface area (Å²) in [6.07, 6.45) is 2.54. The molecule has 0 saturated carbocycles. The number of benzene rings is 1. The number of hydrogen-bond acceptors (Lipinski definition) is 2. The van der Waals surface area contributed by atoms with Gasteiger partial charge in [-0.05, 0) is 49.0 Å².